The molecule has 1 saturated carbocycles. The average Bonchev–Trinajstić information content (AvgIpc) is 3.21. The van der Waals surface area contributed by atoms with E-state index >= 15 is 0 Å². The Kier molecular flexibility index (Phi) is 3.25. The van der Waals surface area contributed by atoms with Crippen LogP contribution in [0.2, 0.25) is 0 Å². The van der Waals surface area contributed by atoms with Crippen LogP contribution in [0.4, 0.5) is 0 Å². The summed E-state index contributed by atoms with van der Waals surface area (Å²) in [6, 6.07) is 6.11. The van der Waals surface area contributed by atoms with Crippen molar-refractivity contribution in [1.82, 2.24) is 4.90 Å². The van der Waals surface area contributed by atoms with Gasteiger partial charge >= 0.3 is 0 Å². The number of carbonyl (C=O) groups is 1. The Balaban J connectivity index is 1.54. The van der Waals surface area contributed by atoms with Gasteiger partial charge in [-0.05, 0) is 60.1 Å². The van der Waals surface area contributed by atoms with E-state index in [4.69, 9.17) is 0 Å². The SMILES string of the molecule is CC1(C)[C@H]2Cc3c(O)cccc3[C@]1(C)CCN2C(=O)C1CC2C=CC1C2. The molecule has 1 amide bonds. The van der Waals surface area contributed by atoms with E-state index in [9.17, 15) is 9.90 Å². The maximum Gasteiger partial charge on any atom is 0.226 e. The standard InChI is InChI=1S/C23H29NO2/c1-22(2)20-13-17-18(5-4-6-19(17)25)23(22,3)9-10-24(20)21(26)16-12-14-7-8-15(16)11-14/h4-8,14-16,20,25H,9-13H2,1-3H3/t14?,15?,16?,20-,23+/m1/s1. The summed E-state index contributed by atoms with van der Waals surface area (Å²) in [4.78, 5) is 15.7. The number of carbonyl (C=O) groups excluding carboxylic acids is 1. The number of piperidine rings is 1. The van der Waals surface area contributed by atoms with Crippen molar-refractivity contribution in [3.8, 4) is 5.75 Å². The molecule has 0 spiro atoms. The van der Waals surface area contributed by atoms with E-state index in [0.29, 0.717) is 23.5 Å². The molecule has 1 N–H and O–H groups in total. The van der Waals surface area contributed by atoms with Gasteiger partial charge < -0.3 is 10.0 Å². The monoisotopic (exact) mass is 351 g/mol. The Morgan fingerprint density at radius 2 is 2.00 bits per heavy atom. The molecule has 1 aromatic carbocycles. The maximum absolute atomic E-state index is 13.5. The zero-order valence-corrected chi connectivity index (χ0v) is 16.0. The van der Waals surface area contributed by atoms with E-state index < -0.39 is 0 Å². The molecular weight excluding hydrogens is 322 g/mol. The van der Waals surface area contributed by atoms with Crippen LogP contribution >= 0.6 is 0 Å². The summed E-state index contributed by atoms with van der Waals surface area (Å²) in [5, 5.41) is 10.5. The van der Waals surface area contributed by atoms with Crippen molar-refractivity contribution in [1.29, 1.82) is 0 Å². The van der Waals surface area contributed by atoms with Gasteiger partial charge in [-0.1, -0.05) is 45.1 Å². The van der Waals surface area contributed by atoms with Gasteiger partial charge in [0.25, 0.3) is 0 Å². The topological polar surface area (TPSA) is 40.5 Å². The van der Waals surface area contributed by atoms with Crippen LogP contribution in [0, 0.1) is 23.2 Å². The van der Waals surface area contributed by atoms with Gasteiger partial charge in [0, 0.05) is 23.9 Å². The molecule has 1 aromatic rings. The van der Waals surface area contributed by atoms with E-state index in [2.05, 4.69) is 43.9 Å². The molecular formula is C23H29NO2. The lowest BCUT2D eigenvalue weighted by atomic mass is 9.51. The molecule has 3 unspecified atom stereocenters. The minimum absolute atomic E-state index is 0.00461. The average molecular weight is 351 g/mol. The normalized spacial score (nSPS) is 39.1. The van der Waals surface area contributed by atoms with Gasteiger partial charge in [-0.25, -0.2) is 0 Å². The van der Waals surface area contributed by atoms with Crippen molar-refractivity contribution >= 4 is 5.91 Å². The van der Waals surface area contributed by atoms with Crippen molar-refractivity contribution in [3.63, 3.8) is 0 Å². The fourth-order valence-electron chi connectivity index (χ4n) is 6.47. The lowest BCUT2D eigenvalue weighted by Gasteiger charge is -2.61. The van der Waals surface area contributed by atoms with Gasteiger partial charge in [-0.15, -0.1) is 0 Å². The van der Waals surface area contributed by atoms with Gasteiger partial charge in [0.2, 0.25) is 5.91 Å². The molecule has 138 valence electrons. The Hall–Kier alpha value is -1.77. The molecule has 26 heavy (non-hydrogen) atoms. The molecule has 5 atom stereocenters. The molecule has 1 heterocycles. The molecule has 0 aromatic heterocycles. The molecule has 1 saturated heterocycles. The summed E-state index contributed by atoms with van der Waals surface area (Å²) in [5.41, 5.74) is 2.34. The van der Waals surface area contributed by atoms with Gasteiger partial charge in [0.1, 0.15) is 5.75 Å². The first-order valence-corrected chi connectivity index (χ1v) is 10.1. The van der Waals surface area contributed by atoms with Gasteiger partial charge in [-0.3, -0.25) is 4.79 Å². The van der Waals surface area contributed by atoms with E-state index in [-0.39, 0.29) is 22.8 Å². The van der Waals surface area contributed by atoms with Crippen LogP contribution in [0.3, 0.4) is 0 Å². The highest BCUT2D eigenvalue weighted by Gasteiger charge is 2.58. The predicted octanol–water partition coefficient (Wildman–Crippen LogP) is 4.05. The molecule has 4 aliphatic rings. The van der Waals surface area contributed by atoms with Crippen LogP contribution in [-0.4, -0.2) is 28.5 Å². The number of nitrogens with zero attached hydrogens (tertiary/aromatic N) is 1. The molecule has 4 bridgehead atoms. The Labute approximate surface area is 156 Å². The van der Waals surface area contributed by atoms with Crippen molar-refractivity contribution in [2.75, 3.05) is 6.54 Å². The smallest absolute Gasteiger partial charge is 0.226 e. The minimum atomic E-state index is -0.00480. The molecule has 5 rings (SSSR count). The number of phenolic OH excluding ortho intramolecular Hbond substituents is 1. The minimum Gasteiger partial charge on any atom is -0.508 e. The van der Waals surface area contributed by atoms with Crippen LogP contribution in [0.25, 0.3) is 0 Å². The number of hydrogen-bond donors (Lipinski definition) is 1. The van der Waals surface area contributed by atoms with Gasteiger partial charge in [0.15, 0.2) is 0 Å². The van der Waals surface area contributed by atoms with Crippen LogP contribution in [0.1, 0.15) is 51.2 Å². The second-order valence-electron chi connectivity index (χ2n) is 9.75. The first kappa shape index (κ1) is 16.4. The van der Waals surface area contributed by atoms with Crippen molar-refractivity contribution in [3.05, 3.63) is 41.5 Å². The summed E-state index contributed by atoms with van der Waals surface area (Å²) < 4.78 is 0. The van der Waals surface area contributed by atoms with Crippen LogP contribution in [-0.2, 0) is 16.6 Å². The Morgan fingerprint density at radius 3 is 2.69 bits per heavy atom. The highest BCUT2D eigenvalue weighted by molar-refractivity contribution is 5.81. The first-order valence-electron chi connectivity index (χ1n) is 10.1. The van der Waals surface area contributed by atoms with Gasteiger partial charge in [0.05, 0.1) is 0 Å². The summed E-state index contributed by atoms with van der Waals surface area (Å²) in [7, 11) is 0. The molecule has 0 radical (unpaired) electrons. The van der Waals surface area contributed by atoms with E-state index in [0.717, 1.165) is 31.4 Å². The number of benzene rings is 1. The maximum atomic E-state index is 13.5. The number of phenols is 1. The quantitative estimate of drug-likeness (QED) is 0.776. The molecule has 3 nitrogen and oxygen atoms in total. The van der Waals surface area contributed by atoms with Crippen LogP contribution < -0.4 is 0 Å². The van der Waals surface area contributed by atoms with E-state index in [1.54, 1.807) is 6.07 Å². The third kappa shape index (κ3) is 1.92. The number of aromatic hydroxyl groups is 1. The van der Waals surface area contributed by atoms with Gasteiger partial charge in [-0.2, -0.15) is 0 Å². The summed E-state index contributed by atoms with van der Waals surface area (Å²) >= 11 is 0. The second kappa shape index (κ2) is 5.15. The third-order valence-electron chi connectivity index (χ3n) is 8.51. The third-order valence-corrected chi connectivity index (χ3v) is 8.51. The van der Waals surface area contributed by atoms with Crippen molar-refractivity contribution < 1.29 is 9.90 Å². The number of allylic oxidation sites excluding steroid dienone is 2. The molecule has 3 aliphatic carbocycles. The van der Waals surface area contributed by atoms with E-state index in [1.165, 1.54) is 12.0 Å². The molecule has 1 aliphatic heterocycles. The largest absolute Gasteiger partial charge is 0.508 e. The fraction of sp³-hybridized carbons (Fsp3) is 0.609. The number of hydrogen-bond acceptors (Lipinski definition) is 2. The fourth-order valence-corrected chi connectivity index (χ4v) is 6.47. The summed E-state index contributed by atoms with van der Waals surface area (Å²) in [6.07, 6.45) is 8.52. The van der Waals surface area contributed by atoms with Crippen LogP contribution in [0.5, 0.6) is 5.75 Å². The lowest BCUT2D eigenvalue weighted by Crippen LogP contribution is -2.65. The van der Waals surface area contributed by atoms with Crippen molar-refractivity contribution in [2.45, 2.75) is 57.9 Å². The van der Waals surface area contributed by atoms with E-state index in [1.807, 2.05) is 6.07 Å². The summed E-state index contributed by atoms with van der Waals surface area (Å²) in [5.74, 6) is 2.00. The number of fused-ring (bicyclic) bond motifs is 6. The lowest BCUT2D eigenvalue weighted by molar-refractivity contribution is -0.149. The highest BCUT2D eigenvalue weighted by atomic mass is 16.3. The molecule has 3 heteroatoms. The Bertz CT molecular complexity index is 810. The zero-order valence-electron chi connectivity index (χ0n) is 16.0. The first-order chi connectivity index (χ1) is 12.3. The summed E-state index contributed by atoms with van der Waals surface area (Å²) in [6.45, 7) is 7.82. The zero-order chi connectivity index (χ0) is 18.3. The molecule has 2 fully saturated rings. The predicted molar refractivity (Wildman–Crippen MR) is 102 cm³/mol. The second-order valence-corrected chi connectivity index (χ2v) is 9.75. The van der Waals surface area contributed by atoms with Crippen LogP contribution in [0.15, 0.2) is 30.4 Å². The number of amides is 1. The van der Waals surface area contributed by atoms with Crippen molar-refractivity contribution in [2.24, 2.45) is 23.2 Å². The number of rotatable bonds is 1. The highest BCUT2D eigenvalue weighted by Crippen LogP contribution is 2.57. The number of likely N-dealkylation sites (tertiary alicyclic amines) is 1. The Morgan fingerprint density at radius 1 is 1.19 bits per heavy atom.